The lowest BCUT2D eigenvalue weighted by molar-refractivity contribution is 0.0520. The van der Waals surface area contributed by atoms with Crippen molar-refractivity contribution >= 4 is 11.8 Å². The standard InChI is InChI=1S/C26H33NO4S/c1-4-28-18-19-29-16-5-6-21-7-11-23(12-8-21)30-17-15-25-20(2)31-26(27-25)22-9-13-24(32-3)14-10-22/h7-14H,4-6,15-19H2,1-3H3. The zero-order valence-electron chi connectivity index (χ0n) is 19.3. The monoisotopic (exact) mass is 455 g/mol. The van der Waals surface area contributed by atoms with E-state index in [0.717, 1.165) is 48.8 Å². The highest BCUT2D eigenvalue weighted by atomic mass is 32.2. The lowest BCUT2D eigenvalue weighted by atomic mass is 10.1. The third-order valence-electron chi connectivity index (χ3n) is 5.09. The molecule has 0 aliphatic heterocycles. The normalized spacial score (nSPS) is 11.1. The highest BCUT2D eigenvalue weighted by molar-refractivity contribution is 7.98. The minimum absolute atomic E-state index is 0.561. The van der Waals surface area contributed by atoms with Crippen molar-refractivity contribution in [3.05, 3.63) is 65.5 Å². The fraction of sp³-hybridized carbons (Fsp3) is 0.423. The Morgan fingerprint density at radius 3 is 2.34 bits per heavy atom. The molecule has 172 valence electrons. The molecule has 2 aromatic carbocycles. The summed E-state index contributed by atoms with van der Waals surface area (Å²) in [4.78, 5) is 5.90. The van der Waals surface area contributed by atoms with Gasteiger partial charge < -0.3 is 18.6 Å². The molecule has 0 amide bonds. The Labute approximate surface area is 195 Å². The molecule has 0 atom stereocenters. The number of hydrogen-bond acceptors (Lipinski definition) is 6. The third-order valence-corrected chi connectivity index (χ3v) is 5.83. The number of aryl methyl sites for hydroxylation is 2. The van der Waals surface area contributed by atoms with Gasteiger partial charge in [-0.05, 0) is 74.9 Å². The molecule has 6 heteroatoms. The van der Waals surface area contributed by atoms with Crippen LogP contribution in [0, 0.1) is 6.92 Å². The Hall–Kier alpha value is -2.28. The molecule has 0 fully saturated rings. The second-order valence-electron chi connectivity index (χ2n) is 7.41. The molecule has 1 heterocycles. The highest BCUT2D eigenvalue weighted by Crippen LogP contribution is 2.25. The average molecular weight is 456 g/mol. The summed E-state index contributed by atoms with van der Waals surface area (Å²) < 4.78 is 22.6. The Balaban J connectivity index is 1.40. The summed E-state index contributed by atoms with van der Waals surface area (Å²) in [5.41, 5.74) is 3.22. The molecule has 5 nitrogen and oxygen atoms in total. The lowest BCUT2D eigenvalue weighted by Crippen LogP contribution is -2.05. The molecule has 1 aromatic heterocycles. The fourth-order valence-corrected chi connectivity index (χ4v) is 3.69. The minimum atomic E-state index is 0.561. The van der Waals surface area contributed by atoms with E-state index in [-0.39, 0.29) is 0 Å². The number of benzene rings is 2. The number of oxazole rings is 1. The van der Waals surface area contributed by atoms with Gasteiger partial charge in [0, 0.05) is 30.1 Å². The van der Waals surface area contributed by atoms with E-state index in [4.69, 9.17) is 18.6 Å². The van der Waals surface area contributed by atoms with Crippen molar-refractivity contribution in [1.82, 2.24) is 4.98 Å². The van der Waals surface area contributed by atoms with Crippen LogP contribution >= 0.6 is 11.8 Å². The topological polar surface area (TPSA) is 53.7 Å². The quantitative estimate of drug-likeness (QED) is 0.220. The van der Waals surface area contributed by atoms with Crippen molar-refractivity contribution in [2.24, 2.45) is 0 Å². The van der Waals surface area contributed by atoms with E-state index in [2.05, 4.69) is 35.5 Å². The summed E-state index contributed by atoms with van der Waals surface area (Å²) in [5, 5.41) is 0. The second-order valence-corrected chi connectivity index (χ2v) is 8.29. The van der Waals surface area contributed by atoms with Gasteiger partial charge in [-0.25, -0.2) is 4.98 Å². The highest BCUT2D eigenvalue weighted by Gasteiger charge is 2.11. The maximum absolute atomic E-state index is 5.92. The van der Waals surface area contributed by atoms with E-state index in [1.165, 1.54) is 10.5 Å². The van der Waals surface area contributed by atoms with Crippen LogP contribution in [-0.2, 0) is 22.3 Å². The van der Waals surface area contributed by atoms with Gasteiger partial charge in [-0.3, -0.25) is 0 Å². The number of ether oxygens (including phenoxy) is 3. The van der Waals surface area contributed by atoms with Gasteiger partial charge in [0.2, 0.25) is 5.89 Å². The van der Waals surface area contributed by atoms with E-state index in [0.29, 0.717) is 32.1 Å². The Morgan fingerprint density at radius 2 is 1.62 bits per heavy atom. The van der Waals surface area contributed by atoms with Crippen LogP contribution in [0.25, 0.3) is 11.5 Å². The first-order valence-corrected chi connectivity index (χ1v) is 12.4. The summed E-state index contributed by atoms with van der Waals surface area (Å²) in [6.45, 7) is 7.34. The predicted octanol–water partition coefficient (Wildman–Crippen LogP) is 5.98. The molecular weight excluding hydrogens is 422 g/mol. The minimum Gasteiger partial charge on any atom is -0.493 e. The van der Waals surface area contributed by atoms with Crippen LogP contribution in [0.4, 0.5) is 0 Å². The van der Waals surface area contributed by atoms with Gasteiger partial charge in [0.25, 0.3) is 0 Å². The van der Waals surface area contributed by atoms with Gasteiger partial charge in [-0.2, -0.15) is 0 Å². The van der Waals surface area contributed by atoms with Crippen LogP contribution < -0.4 is 4.74 Å². The van der Waals surface area contributed by atoms with Gasteiger partial charge in [0.15, 0.2) is 0 Å². The molecule has 3 aromatic rings. The van der Waals surface area contributed by atoms with Gasteiger partial charge in [0.1, 0.15) is 11.5 Å². The van der Waals surface area contributed by atoms with Crippen LogP contribution in [0.3, 0.4) is 0 Å². The molecule has 0 aliphatic carbocycles. The molecule has 32 heavy (non-hydrogen) atoms. The first kappa shape index (κ1) is 24.4. The summed E-state index contributed by atoms with van der Waals surface area (Å²) >= 11 is 1.72. The summed E-state index contributed by atoms with van der Waals surface area (Å²) in [7, 11) is 0. The van der Waals surface area contributed by atoms with Crippen LogP contribution in [0.2, 0.25) is 0 Å². The average Bonchev–Trinajstić information content (AvgIpc) is 3.20. The second kappa shape index (κ2) is 13.3. The van der Waals surface area contributed by atoms with Crippen molar-refractivity contribution in [2.75, 3.05) is 39.3 Å². The maximum atomic E-state index is 5.92. The summed E-state index contributed by atoms with van der Waals surface area (Å²) in [6.07, 6.45) is 4.77. The maximum Gasteiger partial charge on any atom is 0.226 e. The number of nitrogens with zero attached hydrogens (tertiary/aromatic N) is 1. The van der Waals surface area contributed by atoms with Crippen LogP contribution in [0.1, 0.15) is 30.4 Å². The van der Waals surface area contributed by atoms with E-state index in [1.807, 2.05) is 38.1 Å². The third kappa shape index (κ3) is 7.69. The van der Waals surface area contributed by atoms with Crippen molar-refractivity contribution in [2.45, 2.75) is 38.0 Å². The van der Waals surface area contributed by atoms with Crippen LogP contribution in [0.5, 0.6) is 5.75 Å². The Bertz CT molecular complexity index is 922. The zero-order chi connectivity index (χ0) is 22.6. The van der Waals surface area contributed by atoms with Gasteiger partial charge >= 0.3 is 0 Å². The van der Waals surface area contributed by atoms with E-state index in [9.17, 15) is 0 Å². The Kier molecular flexibility index (Phi) is 10.1. The van der Waals surface area contributed by atoms with E-state index >= 15 is 0 Å². The first-order valence-electron chi connectivity index (χ1n) is 11.2. The lowest BCUT2D eigenvalue weighted by Gasteiger charge is -2.07. The van der Waals surface area contributed by atoms with Crippen molar-refractivity contribution < 1.29 is 18.6 Å². The molecule has 0 saturated heterocycles. The van der Waals surface area contributed by atoms with Gasteiger partial charge in [-0.1, -0.05) is 12.1 Å². The van der Waals surface area contributed by atoms with E-state index in [1.54, 1.807) is 11.8 Å². The smallest absolute Gasteiger partial charge is 0.226 e. The van der Waals surface area contributed by atoms with Gasteiger partial charge in [-0.15, -0.1) is 11.8 Å². The molecule has 0 saturated carbocycles. The summed E-state index contributed by atoms with van der Waals surface area (Å²) in [6, 6.07) is 16.6. The van der Waals surface area contributed by atoms with Crippen molar-refractivity contribution in [1.29, 1.82) is 0 Å². The predicted molar refractivity (Wildman–Crippen MR) is 130 cm³/mol. The largest absolute Gasteiger partial charge is 0.493 e. The van der Waals surface area contributed by atoms with E-state index < -0.39 is 0 Å². The molecule has 0 radical (unpaired) electrons. The van der Waals surface area contributed by atoms with Crippen LogP contribution in [0.15, 0.2) is 57.8 Å². The molecule has 0 aliphatic rings. The number of aromatic nitrogens is 1. The Morgan fingerprint density at radius 1 is 0.875 bits per heavy atom. The number of thioether (sulfide) groups is 1. The van der Waals surface area contributed by atoms with Crippen molar-refractivity contribution in [3.63, 3.8) is 0 Å². The molecule has 0 N–H and O–H groups in total. The number of rotatable bonds is 14. The van der Waals surface area contributed by atoms with Crippen LogP contribution in [-0.4, -0.2) is 44.3 Å². The SMILES string of the molecule is CCOCCOCCCc1ccc(OCCc2nc(-c3ccc(SC)cc3)oc2C)cc1. The molecule has 0 unspecified atom stereocenters. The first-order chi connectivity index (χ1) is 15.7. The fourth-order valence-electron chi connectivity index (χ4n) is 3.28. The molecule has 0 bridgehead atoms. The number of hydrogen-bond donors (Lipinski definition) is 0. The van der Waals surface area contributed by atoms with Gasteiger partial charge in [0.05, 0.1) is 25.5 Å². The van der Waals surface area contributed by atoms with Crippen molar-refractivity contribution in [3.8, 4) is 17.2 Å². The summed E-state index contributed by atoms with van der Waals surface area (Å²) in [5.74, 6) is 2.38. The molecule has 3 rings (SSSR count). The zero-order valence-corrected chi connectivity index (χ0v) is 20.1. The molecular formula is C26H33NO4S. The molecule has 0 spiro atoms.